The highest BCUT2D eigenvalue weighted by Crippen LogP contribution is 2.50. The standard InChI is InChI=1S/C8H16OSi/c1-9-8(10)5-6-2-3-7(8)4-6/h6-7H,2-5H2,1,10H3. The largest absolute Gasteiger partial charge is 0.382 e. The summed E-state index contributed by atoms with van der Waals surface area (Å²) < 4.78 is 5.59. The first-order valence-corrected chi connectivity index (χ1v) is 5.30. The van der Waals surface area contributed by atoms with E-state index >= 15 is 0 Å². The Morgan fingerprint density at radius 3 is 2.60 bits per heavy atom. The van der Waals surface area contributed by atoms with Gasteiger partial charge in [-0.1, -0.05) is 0 Å². The monoisotopic (exact) mass is 156 g/mol. The third-order valence-corrected chi connectivity index (χ3v) is 5.20. The minimum atomic E-state index is 0.392. The smallest absolute Gasteiger partial charge is 0.0512 e. The maximum atomic E-state index is 5.59. The lowest BCUT2D eigenvalue weighted by Gasteiger charge is -2.32. The summed E-state index contributed by atoms with van der Waals surface area (Å²) in [5.41, 5.74) is 0. The zero-order chi connectivity index (χ0) is 7.19. The molecule has 3 atom stereocenters. The van der Waals surface area contributed by atoms with Crippen molar-refractivity contribution in [1.82, 2.24) is 0 Å². The van der Waals surface area contributed by atoms with Crippen molar-refractivity contribution in [3.63, 3.8) is 0 Å². The summed E-state index contributed by atoms with van der Waals surface area (Å²) in [5, 5.41) is 0.392. The molecule has 0 aromatic heterocycles. The van der Waals surface area contributed by atoms with Crippen molar-refractivity contribution in [2.45, 2.75) is 30.9 Å². The van der Waals surface area contributed by atoms with Crippen LogP contribution in [0.15, 0.2) is 0 Å². The van der Waals surface area contributed by atoms with Crippen molar-refractivity contribution >= 4 is 10.2 Å². The number of fused-ring (bicyclic) bond motifs is 2. The van der Waals surface area contributed by atoms with Crippen LogP contribution in [-0.4, -0.2) is 22.6 Å². The topological polar surface area (TPSA) is 9.23 Å². The Morgan fingerprint density at radius 1 is 1.50 bits per heavy atom. The van der Waals surface area contributed by atoms with E-state index < -0.39 is 0 Å². The minimum Gasteiger partial charge on any atom is -0.382 e. The minimum absolute atomic E-state index is 0.392. The van der Waals surface area contributed by atoms with Crippen LogP contribution in [0.4, 0.5) is 0 Å². The molecular formula is C8H16OSi. The highest BCUT2D eigenvalue weighted by Gasteiger charge is 2.47. The van der Waals surface area contributed by atoms with E-state index in [1.807, 2.05) is 7.11 Å². The SMILES string of the molecule is COC1([SiH3])CC2CCC1C2. The molecular weight excluding hydrogens is 140 g/mol. The average Bonchev–Trinajstić information content (AvgIpc) is 2.46. The quantitative estimate of drug-likeness (QED) is 0.503. The molecule has 0 aromatic rings. The van der Waals surface area contributed by atoms with Gasteiger partial charge >= 0.3 is 0 Å². The molecule has 3 unspecified atom stereocenters. The molecule has 2 aliphatic carbocycles. The number of rotatable bonds is 1. The highest BCUT2D eigenvalue weighted by atomic mass is 28.1. The lowest BCUT2D eigenvalue weighted by molar-refractivity contribution is 0.0175. The van der Waals surface area contributed by atoms with Gasteiger partial charge in [-0.15, -0.1) is 0 Å². The van der Waals surface area contributed by atoms with Gasteiger partial charge in [0.15, 0.2) is 0 Å². The first kappa shape index (κ1) is 6.86. The van der Waals surface area contributed by atoms with E-state index in [1.54, 1.807) is 0 Å². The van der Waals surface area contributed by atoms with Crippen LogP contribution in [0.1, 0.15) is 25.7 Å². The number of methoxy groups -OCH3 is 1. The maximum Gasteiger partial charge on any atom is 0.0512 e. The van der Waals surface area contributed by atoms with Crippen molar-refractivity contribution in [2.75, 3.05) is 7.11 Å². The van der Waals surface area contributed by atoms with E-state index in [-0.39, 0.29) is 0 Å². The molecule has 2 bridgehead atoms. The third-order valence-electron chi connectivity index (χ3n) is 3.57. The molecule has 0 aliphatic heterocycles. The number of hydrogen-bond donors (Lipinski definition) is 0. The Balaban J connectivity index is 2.14. The number of hydrogen-bond acceptors (Lipinski definition) is 1. The summed E-state index contributed by atoms with van der Waals surface area (Å²) in [4.78, 5) is 0. The van der Waals surface area contributed by atoms with Gasteiger partial charge in [0, 0.05) is 17.4 Å². The van der Waals surface area contributed by atoms with E-state index in [1.165, 1.54) is 35.9 Å². The lowest BCUT2D eigenvalue weighted by atomic mass is 9.97. The second kappa shape index (κ2) is 2.08. The fourth-order valence-corrected chi connectivity index (χ4v) is 3.91. The second-order valence-electron chi connectivity index (χ2n) is 4.10. The Bertz CT molecular complexity index is 148. The zero-order valence-corrected chi connectivity index (χ0v) is 8.89. The lowest BCUT2D eigenvalue weighted by Crippen LogP contribution is -2.37. The van der Waals surface area contributed by atoms with Gasteiger partial charge in [0.2, 0.25) is 0 Å². The first-order valence-electron chi connectivity index (χ1n) is 4.30. The van der Waals surface area contributed by atoms with Gasteiger partial charge in [0.25, 0.3) is 0 Å². The van der Waals surface area contributed by atoms with Gasteiger partial charge in [-0.25, -0.2) is 0 Å². The van der Waals surface area contributed by atoms with Gasteiger partial charge in [-0.05, 0) is 37.5 Å². The van der Waals surface area contributed by atoms with Crippen LogP contribution in [0.25, 0.3) is 0 Å². The maximum absolute atomic E-state index is 5.59. The van der Waals surface area contributed by atoms with E-state index in [4.69, 9.17) is 4.74 Å². The first-order chi connectivity index (χ1) is 4.74. The predicted octanol–water partition coefficient (Wildman–Crippen LogP) is 0.514. The van der Waals surface area contributed by atoms with Crippen molar-refractivity contribution in [3.05, 3.63) is 0 Å². The summed E-state index contributed by atoms with van der Waals surface area (Å²) in [7, 11) is 3.13. The van der Waals surface area contributed by atoms with E-state index in [0.717, 1.165) is 11.8 Å². The van der Waals surface area contributed by atoms with Gasteiger partial charge in [-0.3, -0.25) is 0 Å². The molecule has 0 saturated heterocycles. The molecule has 2 fully saturated rings. The summed E-state index contributed by atoms with van der Waals surface area (Å²) in [5.74, 6) is 1.97. The third kappa shape index (κ3) is 0.784. The molecule has 0 aromatic carbocycles. The molecule has 2 saturated carbocycles. The van der Waals surface area contributed by atoms with Gasteiger partial charge in [-0.2, -0.15) is 0 Å². The summed E-state index contributed by atoms with van der Waals surface area (Å²) in [6.45, 7) is 0. The Kier molecular flexibility index (Phi) is 1.43. The van der Waals surface area contributed by atoms with Gasteiger partial charge in [0.05, 0.1) is 5.22 Å². The van der Waals surface area contributed by atoms with Crippen molar-refractivity contribution in [2.24, 2.45) is 11.8 Å². The molecule has 1 nitrogen and oxygen atoms in total. The molecule has 0 spiro atoms. The summed E-state index contributed by atoms with van der Waals surface area (Å²) in [6, 6.07) is 0. The molecule has 0 radical (unpaired) electrons. The highest BCUT2D eigenvalue weighted by molar-refractivity contribution is 6.15. The fourth-order valence-electron chi connectivity index (χ4n) is 2.80. The van der Waals surface area contributed by atoms with Crippen LogP contribution in [-0.2, 0) is 4.74 Å². The van der Waals surface area contributed by atoms with Crippen LogP contribution in [0.2, 0.25) is 0 Å². The van der Waals surface area contributed by atoms with E-state index in [2.05, 4.69) is 0 Å². The summed E-state index contributed by atoms with van der Waals surface area (Å²) >= 11 is 0. The Labute approximate surface area is 65.6 Å². The average molecular weight is 156 g/mol. The van der Waals surface area contributed by atoms with Gasteiger partial charge in [0.1, 0.15) is 0 Å². The molecule has 0 N–H and O–H groups in total. The van der Waals surface area contributed by atoms with Crippen LogP contribution < -0.4 is 0 Å². The van der Waals surface area contributed by atoms with E-state index in [9.17, 15) is 0 Å². The van der Waals surface area contributed by atoms with Gasteiger partial charge < -0.3 is 4.74 Å². The molecule has 2 aliphatic rings. The van der Waals surface area contributed by atoms with Crippen LogP contribution in [0, 0.1) is 11.8 Å². The Hall–Kier alpha value is 0.177. The number of ether oxygens (including phenoxy) is 1. The second-order valence-corrected chi connectivity index (χ2v) is 5.79. The normalized spacial score (nSPS) is 52.5. The molecule has 2 rings (SSSR count). The van der Waals surface area contributed by atoms with Crippen molar-refractivity contribution < 1.29 is 4.74 Å². The molecule has 58 valence electrons. The van der Waals surface area contributed by atoms with Crippen LogP contribution in [0.5, 0.6) is 0 Å². The fraction of sp³-hybridized carbons (Fsp3) is 1.00. The molecule has 0 amide bonds. The zero-order valence-electron chi connectivity index (χ0n) is 6.89. The van der Waals surface area contributed by atoms with E-state index in [0.29, 0.717) is 5.22 Å². The van der Waals surface area contributed by atoms with Crippen LogP contribution in [0.3, 0.4) is 0 Å². The van der Waals surface area contributed by atoms with Crippen molar-refractivity contribution in [1.29, 1.82) is 0 Å². The van der Waals surface area contributed by atoms with Crippen molar-refractivity contribution in [3.8, 4) is 0 Å². The predicted molar refractivity (Wildman–Crippen MR) is 45.1 cm³/mol. The van der Waals surface area contributed by atoms with Crippen LogP contribution >= 0.6 is 0 Å². The molecule has 2 heteroatoms. The Morgan fingerprint density at radius 2 is 2.30 bits per heavy atom. The summed E-state index contributed by atoms with van der Waals surface area (Å²) in [6.07, 6.45) is 5.78. The molecule has 10 heavy (non-hydrogen) atoms. The molecule has 0 heterocycles.